The van der Waals surface area contributed by atoms with Crippen LogP contribution in [0.3, 0.4) is 0 Å². The Labute approximate surface area is 104 Å². The predicted molar refractivity (Wildman–Crippen MR) is 62.0 cm³/mol. The number of benzene rings is 1. The maximum absolute atomic E-state index is 13.8. The van der Waals surface area contributed by atoms with E-state index in [4.69, 9.17) is 5.26 Å². The van der Waals surface area contributed by atoms with Crippen LogP contribution in [-0.2, 0) is 9.59 Å². The Balaban J connectivity index is 2.48. The Kier molecular flexibility index (Phi) is 2.66. The van der Waals surface area contributed by atoms with Gasteiger partial charge in [0, 0.05) is 6.42 Å². The van der Waals surface area contributed by atoms with Crippen molar-refractivity contribution in [3.8, 4) is 6.07 Å². The average Bonchev–Trinajstić information content (AvgIpc) is 2.49. The summed E-state index contributed by atoms with van der Waals surface area (Å²) in [6.45, 7) is 3.30. The van der Waals surface area contributed by atoms with Crippen LogP contribution in [0.5, 0.6) is 0 Å². The lowest BCUT2D eigenvalue weighted by Gasteiger charge is -2.18. The highest BCUT2D eigenvalue weighted by molar-refractivity contribution is 6.22. The summed E-state index contributed by atoms with van der Waals surface area (Å²) in [6.07, 6.45) is 0.0608. The quantitative estimate of drug-likeness (QED) is 0.712. The maximum Gasteiger partial charge on any atom is 0.240 e. The van der Waals surface area contributed by atoms with E-state index < -0.39 is 23.0 Å². The van der Waals surface area contributed by atoms with Gasteiger partial charge in [-0.3, -0.25) is 9.59 Å². The van der Waals surface area contributed by atoms with Crippen molar-refractivity contribution < 1.29 is 14.0 Å². The summed E-state index contributed by atoms with van der Waals surface area (Å²) in [6, 6.07) is 5.47. The molecule has 0 radical (unpaired) electrons. The number of nitriles is 1. The Bertz CT molecular complexity index is 587. The van der Waals surface area contributed by atoms with Crippen molar-refractivity contribution in [2.45, 2.75) is 20.3 Å². The molecular weight excluding hydrogens is 235 g/mol. The summed E-state index contributed by atoms with van der Waals surface area (Å²) < 4.78 is 13.8. The van der Waals surface area contributed by atoms with Gasteiger partial charge in [0.2, 0.25) is 11.8 Å². The third-order valence-electron chi connectivity index (χ3n) is 2.94. The fourth-order valence-corrected chi connectivity index (χ4v) is 1.95. The van der Waals surface area contributed by atoms with Gasteiger partial charge in [0.15, 0.2) is 0 Å². The maximum atomic E-state index is 13.8. The molecule has 1 aliphatic heterocycles. The van der Waals surface area contributed by atoms with E-state index in [1.54, 1.807) is 19.9 Å². The zero-order valence-electron chi connectivity index (χ0n) is 10.0. The third kappa shape index (κ3) is 1.76. The first kappa shape index (κ1) is 12.2. The summed E-state index contributed by atoms with van der Waals surface area (Å²) in [4.78, 5) is 24.7. The van der Waals surface area contributed by atoms with E-state index >= 15 is 0 Å². The standard InChI is InChI=1S/C13H11FN2O2/c1-13(2)6-11(17)16(12(13)18)10-4-3-8(7-15)5-9(10)14/h3-5H,6H2,1-2H3. The van der Waals surface area contributed by atoms with Crippen LogP contribution in [-0.4, -0.2) is 11.8 Å². The highest BCUT2D eigenvalue weighted by atomic mass is 19.1. The molecular formula is C13H11FN2O2. The molecule has 1 saturated heterocycles. The molecule has 0 unspecified atom stereocenters. The number of amides is 2. The van der Waals surface area contributed by atoms with Crippen molar-refractivity contribution in [1.29, 1.82) is 5.26 Å². The Morgan fingerprint density at radius 1 is 1.39 bits per heavy atom. The van der Waals surface area contributed by atoms with Crippen molar-refractivity contribution >= 4 is 17.5 Å². The SMILES string of the molecule is CC1(C)CC(=O)N(c2ccc(C#N)cc2F)C1=O. The first-order chi connectivity index (χ1) is 8.36. The van der Waals surface area contributed by atoms with Crippen LogP contribution in [0.1, 0.15) is 25.8 Å². The molecule has 18 heavy (non-hydrogen) atoms. The molecule has 2 rings (SSSR count). The van der Waals surface area contributed by atoms with Crippen LogP contribution in [0.15, 0.2) is 18.2 Å². The van der Waals surface area contributed by atoms with Gasteiger partial charge in [0.25, 0.3) is 0 Å². The van der Waals surface area contributed by atoms with E-state index in [0.717, 1.165) is 11.0 Å². The van der Waals surface area contributed by atoms with Gasteiger partial charge in [0.05, 0.1) is 22.7 Å². The minimum absolute atomic E-state index is 0.0608. The zero-order valence-corrected chi connectivity index (χ0v) is 10.0. The van der Waals surface area contributed by atoms with Gasteiger partial charge in [-0.05, 0) is 18.2 Å². The first-order valence-corrected chi connectivity index (χ1v) is 5.44. The van der Waals surface area contributed by atoms with Gasteiger partial charge in [-0.1, -0.05) is 13.8 Å². The van der Waals surface area contributed by atoms with E-state index in [0.29, 0.717) is 0 Å². The number of hydrogen-bond donors (Lipinski definition) is 0. The number of carbonyl (C=O) groups excluding carboxylic acids is 2. The molecule has 0 N–H and O–H groups in total. The molecule has 1 aromatic carbocycles. The number of rotatable bonds is 1. The number of halogens is 1. The normalized spacial score (nSPS) is 18.0. The molecule has 4 nitrogen and oxygen atoms in total. The van der Waals surface area contributed by atoms with Crippen molar-refractivity contribution in [3.63, 3.8) is 0 Å². The molecule has 0 atom stereocenters. The van der Waals surface area contributed by atoms with Crippen LogP contribution < -0.4 is 4.90 Å². The highest BCUT2D eigenvalue weighted by Gasteiger charge is 2.46. The summed E-state index contributed by atoms with van der Waals surface area (Å²) >= 11 is 0. The van der Waals surface area contributed by atoms with Crippen molar-refractivity contribution in [2.24, 2.45) is 5.41 Å². The van der Waals surface area contributed by atoms with Gasteiger partial charge in [-0.25, -0.2) is 9.29 Å². The largest absolute Gasteiger partial charge is 0.274 e. The molecule has 1 aromatic rings. The number of imide groups is 1. The van der Waals surface area contributed by atoms with Crippen LogP contribution in [0.4, 0.5) is 10.1 Å². The highest BCUT2D eigenvalue weighted by Crippen LogP contribution is 2.36. The second-order valence-electron chi connectivity index (χ2n) is 4.87. The van der Waals surface area contributed by atoms with E-state index in [1.165, 1.54) is 12.1 Å². The van der Waals surface area contributed by atoms with Gasteiger partial charge >= 0.3 is 0 Å². The fourth-order valence-electron chi connectivity index (χ4n) is 1.95. The van der Waals surface area contributed by atoms with E-state index in [1.807, 2.05) is 0 Å². The first-order valence-electron chi connectivity index (χ1n) is 5.44. The molecule has 0 saturated carbocycles. The number of anilines is 1. The third-order valence-corrected chi connectivity index (χ3v) is 2.94. The lowest BCUT2D eigenvalue weighted by Crippen LogP contribution is -2.33. The summed E-state index contributed by atoms with van der Waals surface area (Å²) in [5.74, 6) is -1.59. The summed E-state index contributed by atoms with van der Waals surface area (Å²) in [5.41, 5.74) is -0.749. The second kappa shape index (κ2) is 3.91. The number of nitrogens with zero attached hydrogens (tertiary/aromatic N) is 2. The topological polar surface area (TPSA) is 61.2 Å². The molecule has 92 valence electrons. The molecule has 1 aliphatic rings. The van der Waals surface area contributed by atoms with Gasteiger partial charge in [-0.2, -0.15) is 5.26 Å². The molecule has 0 aliphatic carbocycles. The van der Waals surface area contributed by atoms with Crippen molar-refractivity contribution in [3.05, 3.63) is 29.6 Å². The fraction of sp³-hybridized carbons (Fsp3) is 0.308. The Morgan fingerprint density at radius 3 is 2.50 bits per heavy atom. The second-order valence-corrected chi connectivity index (χ2v) is 4.87. The minimum atomic E-state index is -0.808. The van der Waals surface area contributed by atoms with Crippen LogP contribution >= 0.6 is 0 Å². The van der Waals surface area contributed by atoms with Crippen molar-refractivity contribution in [1.82, 2.24) is 0 Å². The lowest BCUT2D eigenvalue weighted by molar-refractivity contribution is -0.124. The molecule has 0 aromatic heterocycles. The van der Waals surface area contributed by atoms with E-state index in [2.05, 4.69) is 0 Å². The van der Waals surface area contributed by atoms with Gasteiger partial charge in [-0.15, -0.1) is 0 Å². The van der Waals surface area contributed by atoms with Crippen molar-refractivity contribution in [2.75, 3.05) is 4.90 Å². The molecule has 2 amide bonds. The molecule has 1 heterocycles. The van der Waals surface area contributed by atoms with Crippen LogP contribution in [0, 0.1) is 22.6 Å². The molecule has 1 fully saturated rings. The van der Waals surface area contributed by atoms with Crippen LogP contribution in [0.25, 0.3) is 0 Å². The number of carbonyl (C=O) groups is 2. The lowest BCUT2D eigenvalue weighted by atomic mass is 9.92. The predicted octanol–water partition coefficient (Wildman–Crippen LogP) is 1.99. The number of hydrogen-bond acceptors (Lipinski definition) is 3. The van der Waals surface area contributed by atoms with E-state index in [-0.39, 0.29) is 17.7 Å². The molecule has 0 bridgehead atoms. The van der Waals surface area contributed by atoms with Gasteiger partial charge < -0.3 is 0 Å². The molecule has 5 heteroatoms. The Morgan fingerprint density at radius 2 is 2.06 bits per heavy atom. The summed E-state index contributed by atoms with van der Waals surface area (Å²) in [7, 11) is 0. The molecule has 0 spiro atoms. The summed E-state index contributed by atoms with van der Waals surface area (Å²) in [5, 5.41) is 8.64. The average molecular weight is 246 g/mol. The zero-order chi connectivity index (χ0) is 13.5. The smallest absolute Gasteiger partial charge is 0.240 e. The van der Waals surface area contributed by atoms with E-state index in [9.17, 15) is 14.0 Å². The monoisotopic (exact) mass is 246 g/mol. The Hall–Kier alpha value is -2.22. The minimum Gasteiger partial charge on any atom is -0.274 e. The van der Waals surface area contributed by atoms with Gasteiger partial charge in [0.1, 0.15) is 5.82 Å². The van der Waals surface area contributed by atoms with Crippen LogP contribution in [0.2, 0.25) is 0 Å².